The molecule has 3 aromatic rings. The molecule has 6 nitrogen and oxygen atoms in total. The summed E-state index contributed by atoms with van der Waals surface area (Å²) in [5, 5.41) is 14.8. The first kappa shape index (κ1) is 24.1. The van der Waals surface area contributed by atoms with E-state index in [-0.39, 0.29) is 29.6 Å². The van der Waals surface area contributed by atoms with Gasteiger partial charge in [0.15, 0.2) is 0 Å². The Hall–Kier alpha value is -3.07. The van der Waals surface area contributed by atoms with Gasteiger partial charge in [0.05, 0.1) is 16.1 Å². The number of aromatic nitrogens is 2. The Bertz CT molecular complexity index is 1270. The minimum Gasteiger partial charge on any atom is -0.480 e. The molecule has 0 bridgehead atoms. The van der Waals surface area contributed by atoms with Crippen LogP contribution in [0.3, 0.4) is 0 Å². The van der Waals surface area contributed by atoms with E-state index in [0.717, 1.165) is 25.0 Å². The zero-order chi connectivity index (χ0) is 24.8. The number of amides is 1. The van der Waals surface area contributed by atoms with Gasteiger partial charge in [0.25, 0.3) is 0 Å². The number of hydrogen-bond acceptors (Lipinski definition) is 3. The molecule has 1 aliphatic rings. The lowest BCUT2D eigenvalue weighted by Crippen LogP contribution is -2.31. The van der Waals surface area contributed by atoms with Gasteiger partial charge in [-0.25, -0.2) is 4.79 Å². The molecule has 1 N–H and O–H groups in total. The molecule has 0 radical (unpaired) electrons. The first-order valence-corrected chi connectivity index (χ1v) is 11.3. The molecular formula is C24H23ClF3N3O3. The van der Waals surface area contributed by atoms with Crippen molar-refractivity contribution in [2.45, 2.75) is 45.5 Å². The number of hydrogen-bond donors (Lipinski definition) is 1. The number of rotatable bonds is 7. The lowest BCUT2D eigenvalue weighted by Gasteiger charge is -2.23. The van der Waals surface area contributed by atoms with Gasteiger partial charge in [-0.2, -0.15) is 18.3 Å². The smallest absolute Gasteiger partial charge is 0.416 e. The van der Waals surface area contributed by atoms with Crippen LogP contribution >= 0.6 is 11.6 Å². The topological polar surface area (TPSA) is 75.4 Å². The number of benzene rings is 2. The molecule has 180 valence electrons. The van der Waals surface area contributed by atoms with E-state index in [9.17, 15) is 27.9 Å². The minimum atomic E-state index is -4.57. The zero-order valence-electron chi connectivity index (χ0n) is 18.6. The number of nitrogens with zero attached hydrogens (tertiary/aromatic N) is 3. The van der Waals surface area contributed by atoms with Crippen LogP contribution in [0.15, 0.2) is 36.4 Å². The van der Waals surface area contributed by atoms with Gasteiger partial charge in [-0.15, -0.1) is 0 Å². The molecular weight excluding hydrogens is 471 g/mol. The molecule has 2 aromatic carbocycles. The number of alkyl halides is 3. The van der Waals surface area contributed by atoms with Crippen molar-refractivity contribution in [3.05, 3.63) is 52.5 Å². The summed E-state index contributed by atoms with van der Waals surface area (Å²) < 4.78 is 41.9. The van der Waals surface area contributed by atoms with Crippen LogP contribution in [0.1, 0.15) is 43.9 Å². The maximum absolute atomic E-state index is 13.5. The number of carbonyl (C=O) groups is 2. The molecule has 0 saturated heterocycles. The third kappa shape index (κ3) is 4.49. The maximum Gasteiger partial charge on any atom is 0.416 e. The maximum atomic E-state index is 13.5. The zero-order valence-corrected chi connectivity index (χ0v) is 19.3. The van der Waals surface area contributed by atoms with Crippen LogP contribution < -0.4 is 0 Å². The van der Waals surface area contributed by atoms with Gasteiger partial charge in [0.2, 0.25) is 5.91 Å². The lowest BCUT2D eigenvalue weighted by atomic mass is 9.98. The number of halogens is 4. The third-order valence-electron chi connectivity index (χ3n) is 6.08. The third-order valence-corrected chi connectivity index (χ3v) is 6.39. The van der Waals surface area contributed by atoms with E-state index in [2.05, 4.69) is 5.10 Å². The highest BCUT2D eigenvalue weighted by atomic mass is 35.5. The predicted octanol–water partition coefficient (Wildman–Crippen LogP) is 5.78. The Morgan fingerprint density at radius 3 is 2.56 bits per heavy atom. The highest BCUT2D eigenvalue weighted by molar-refractivity contribution is 6.36. The van der Waals surface area contributed by atoms with E-state index in [1.807, 2.05) is 0 Å². The normalized spacial score (nSPS) is 14.9. The quantitative estimate of drug-likeness (QED) is 0.452. The Morgan fingerprint density at radius 1 is 1.26 bits per heavy atom. The average Bonchev–Trinajstić information content (AvgIpc) is 3.56. The Labute approximate surface area is 198 Å². The number of carboxylic acids is 1. The van der Waals surface area contributed by atoms with Crippen LogP contribution in [0.2, 0.25) is 5.02 Å². The van der Waals surface area contributed by atoms with Gasteiger partial charge >= 0.3 is 12.1 Å². The Balaban J connectivity index is 1.92. The van der Waals surface area contributed by atoms with Crippen LogP contribution in [0.25, 0.3) is 22.2 Å². The molecule has 1 amide bonds. The second-order valence-corrected chi connectivity index (χ2v) is 8.84. The van der Waals surface area contributed by atoms with Gasteiger partial charge in [0.1, 0.15) is 11.7 Å². The van der Waals surface area contributed by atoms with E-state index in [1.165, 1.54) is 22.6 Å². The van der Waals surface area contributed by atoms with Crippen molar-refractivity contribution < 1.29 is 27.9 Å². The first-order valence-electron chi connectivity index (χ1n) is 10.9. The molecule has 1 aromatic heterocycles. The monoisotopic (exact) mass is 493 g/mol. The highest BCUT2D eigenvalue weighted by Gasteiger charge is 2.35. The van der Waals surface area contributed by atoms with Crippen molar-refractivity contribution in [1.29, 1.82) is 0 Å². The summed E-state index contributed by atoms with van der Waals surface area (Å²) in [6.07, 6.45) is -3.01. The molecule has 1 saturated carbocycles. The number of carbonyl (C=O) groups excluding carboxylic acids is 1. The number of carboxylic acid groups (broad SMARTS) is 1. The van der Waals surface area contributed by atoms with Crippen LogP contribution in [0.5, 0.6) is 0 Å². The number of aliphatic carboxylic acids is 1. The molecule has 10 heteroatoms. The van der Waals surface area contributed by atoms with Gasteiger partial charge in [0, 0.05) is 30.0 Å². The number of fused-ring (bicyclic) bond motifs is 1. The standard InChI is InChI=1S/C24H23ClF3N3O3/c1-3-30(22(32)14-7-8-14)12-15-11-16(24(26,27)28)9-10-17(15)21-20-18(25)5-4-6-19(20)31(29-21)13(2)23(33)34/h4-6,9-11,13-14H,3,7-8,12H2,1-2H3,(H,33,34). The van der Waals surface area contributed by atoms with Crippen molar-refractivity contribution in [2.24, 2.45) is 5.92 Å². The predicted molar refractivity (Wildman–Crippen MR) is 121 cm³/mol. The van der Waals surface area contributed by atoms with Crippen molar-refractivity contribution in [3.8, 4) is 11.3 Å². The molecule has 1 fully saturated rings. The summed E-state index contributed by atoms with van der Waals surface area (Å²) in [7, 11) is 0. The van der Waals surface area contributed by atoms with E-state index in [0.29, 0.717) is 28.0 Å². The summed E-state index contributed by atoms with van der Waals surface area (Å²) in [5.41, 5.74) is 0.511. The fourth-order valence-electron chi connectivity index (χ4n) is 4.01. The van der Waals surface area contributed by atoms with Crippen LogP contribution in [-0.2, 0) is 22.3 Å². The molecule has 4 rings (SSSR count). The fourth-order valence-corrected chi connectivity index (χ4v) is 4.27. The van der Waals surface area contributed by atoms with Gasteiger partial charge in [-0.1, -0.05) is 23.7 Å². The van der Waals surface area contributed by atoms with Crippen molar-refractivity contribution in [1.82, 2.24) is 14.7 Å². The molecule has 0 spiro atoms. The summed E-state index contributed by atoms with van der Waals surface area (Å²) in [4.78, 5) is 25.9. The van der Waals surface area contributed by atoms with Gasteiger partial charge < -0.3 is 10.0 Å². The van der Waals surface area contributed by atoms with E-state index < -0.39 is 23.8 Å². The first-order chi connectivity index (χ1) is 16.0. The van der Waals surface area contributed by atoms with Crippen LogP contribution in [0.4, 0.5) is 13.2 Å². The van der Waals surface area contributed by atoms with Crippen LogP contribution in [-0.4, -0.2) is 38.2 Å². The molecule has 1 atom stereocenters. The van der Waals surface area contributed by atoms with Gasteiger partial charge in [-0.3, -0.25) is 9.48 Å². The van der Waals surface area contributed by atoms with E-state index in [1.54, 1.807) is 25.1 Å². The average molecular weight is 494 g/mol. The summed E-state index contributed by atoms with van der Waals surface area (Å²) in [6.45, 7) is 3.55. The SMILES string of the molecule is CCN(Cc1cc(C(F)(F)F)ccc1-c1nn(C(C)C(=O)O)c2cccc(Cl)c12)C(=O)C1CC1. The highest BCUT2D eigenvalue weighted by Crippen LogP contribution is 2.39. The summed E-state index contributed by atoms with van der Waals surface area (Å²) in [5.74, 6) is -1.28. The summed E-state index contributed by atoms with van der Waals surface area (Å²) in [6, 6.07) is 7.20. The molecule has 0 aliphatic heterocycles. The van der Waals surface area contributed by atoms with Gasteiger partial charge in [-0.05, 0) is 56.5 Å². The molecule has 1 heterocycles. The second-order valence-electron chi connectivity index (χ2n) is 8.44. The van der Waals surface area contributed by atoms with E-state index in [4.69, 9.17) is 11.6 Å². The molecule has 1 aliphatic carbocycles. The fraction of sp³-hybridized carbons (Fsp3) is 0.375. The Kier molecular flexibility index (Phi) is 6.33. The van der Waals surface area contributed by atoms with Crippen molar-refractivity contribution >= 4 is 34.4 Å². The lowest BCUT2D eigenvalue weighted by molar-refractivity contribution is -0.140. The molecule has 1 unspecified atom stereocenters. The minimum absolute atomic E-state index is 0.0294. The van der Waals surface area contributed by atoms with Crippen LogP contribution in [0, 0.1) is 5.92 Å². The van der Waals surface area contributed by atoms with E-state index >= 15 is 0 Å². The Morgan fingerprint density at radius 2 is 1.97 bits per heavy atom. The summed E-state index contributed by atoms with van der Waals surface area (Å²) >= 11 is 6.45. The largest absolute Gasteiger partial charge is 0.480 e. The van der Waals surface area contributed by atoms with Crippen molar-refractivity contribution in [3.63, 3.8) is 0 Å². The second kappa shape index (κ2) is 8.94. The molecule has 34 heavy (non-hydrogen) atoms. The van der Waals surface area contributed by atoms with Crippen molar-refractivity contribution in [2.75, 3.05) is 6.54 Å².